The molecule has 0 saturated carbocycles. The third-order valence-electron chi connectivity index (χ3n) is 2.54. The Labute approximate surface area is 109 Å². The summed E-state index contributed by atoms with van der Waals surface area (Å²) in [5.74, 6) is 0.0640. The molecular weight excluding hydrogens is 246 g/mol. The first-order valence-corrected chi connectivity index (χ1v) is 5.73. The van der Waals surface area contributed by atoms with Crippen molar-refractivity contribution in [2.24, 2.45) is 0 Å². The van der Waals surface area contributed by atoms with Crippen molar-refractivity contribution in [2.75, 3.05) is 0 Å². The molecule has 0 aliphatic rings. The average Bonchev–Trinajstić information content (AvgIpc) is 2.82. The van der Waals surface area contributed by atoms with E-state index < -0.39 is 11.0 Å². The average molecular weight is 259 g/mol. The molecule has 0 aliphatic heterocycles. The Morgan fingerprint density at radius 1 is 1.37 bits per heavy atom. The van der Waals surface area contributed by atoms with Crippen molar-refractivity contribution in [3.63, 3.8) is 0 Å². The monoisotopic (exact) mass is 259 g/mol. The molecule has 6 nitrogen and oxygen atoms in total. The zero-order valence-corrected chi connectivity index (χ0v) is 10.3. The number of H-pyrrole nitrogens is 1. The van der Waals surface area contributed by atoms with Crippen molar-refractivity contribution in [1.29, 1.82) is 0 Å². The van der Waals surface area contributed by atoms with Crippen molar-refractivity contribution in [2.45, 2.75) is 13.0 Å². The SMILES string of the molecule is CC(O)c1nc(C=Cc2ccccc2)[nH]c1[N+](=O)[O-]. The molecule has 0 spiro atoms. The molecule has 1 aromatic heterocycles. The topological polar surface area (TPSA) is 92.1 Å². The van der Waals surface area contributed by atoms with Crippen LogP contribution in [0.5, 0.6) is 0 Å². The molecule has 6 heteroatoms. The van der Waals surface area contributed by atoms with E-state index in [9.17, 15) is 15.2 Å². The van der Waals surface area contributed by atoms with E-state index in [1.807, 2.05) is 30.3 Å². The number of nitrogens with zero attached hydrogens (tertiary/aromatic N) is 2. The van der Waals surface area contributed by atoms with Crippen LogP contribution in [0.25, 0.3) is 12.2 Å². The largest absolute Gasteiger partial charge is 0.387 e. The minimum Gasteiger partial charge on any atom is -0.387 e. The second-order valence-corrected chi connectivity index (χ2v) is 4.03. The van der Waals surface area contributed by atoms with Gasteiger partial charge in [-0.3, -0.25) is 0 Å². The first-order valence-electron chi connectivity index (χ1n) is 5.73. The second kappa shape index (κ2) is 5.45. The van der Waals surface area contributed by atoms with Gasteiger partial charge in [0.2, 0.25) is 5.82 Å². The van der Waals surface area contributed by atoms with E-state index in [0.29, 0.717) is 5.82 Å². The zero-order valence-electron chi connectivity index (χ0n) is 10.3. The van der Waals surface area contributed by atoms with Crippen LogP contribution in [0.15, 0.2) is 30.3 Å². The highest BCUT2D eigenvalue weighted by atomic mass is 16.6. The van der Waals surface area contributed by atoms with Gasteiger partial charge in [0.25, 0.3) is 0 Å². The van der Waals surface area contributed by atoms with Crippen molar-refractivity contribution in [1.82, 2.24) is 9.97 Å². The predicted molar refractivity (Wildman–Crippen MR) is 71.2 cm³/mol. The van der Waals surface area contributed by atoms with Crippen LogP contribution in [0.2, 0.25) is 0 Å². The fourth-order valence-corrected chi connectivity index (χ4v) is 1.64. The molecule has 0 fully saturated rings. The molecule has 2 rings (SSSR count). The van der Waals surface area contributed by atoms with Gasteiger partial charge in [0, 0.05) is 6.08 Å². The summed E-state index contributed by atoms with van der Waals surface area (Å²) in [6, 6.07) is 9.50. The van der Waals surface area contributed by atoms with Crippen LogP contribution in [-0.4, -0.2) is 20.0 Å². The lowest BCUT2D eigenvalue weighted by Gasteiger charge is -1.97. The molecule has 98 valence electrons. The van der Waals surface area contributed by atoms with E-state index in [4.69, 9.17) is 0 Å². The number of nitrogens with one attached hydrogen (secondary N) is 1. The lowest BCUT2D eigenvalue weighted by Crippen LogP contribution is -1.97. The number of nitro groups is 1. The predicted octanol–water partition coefficient (Wildman–Crippen LogP) is 2.54. The van der Waals surface area contributed by atoms with Gasteiger partial charge in [0.15, 0.2) is 5.69 Å². The fraction of sp³-hybridized carbons (Fsp3) is 0.154. The molecule has 0 aliphatic carbocycles. The van der Waals surface area contributed by atoms with Gasteiger partial charge in [-0.2, -0.15) is 0 Å². The number of imidazole rings is 1. The number of aromatic amines is 1. The standard InChI is InChI=1S/C13H13N3O3/c1-9(17)12-13(16(18)19)15-11(14-12)8-7-10-5-3-2-4-6-10/h2-9,17H,1H3,(H,14,15). The minimum atomic E-state index is -0.990. The number of benzene rings is 1. The first-order chi connectivity index (χ1) is 9.08. The minimum absolute atomic E-state index is 0.0395. The van der Waals surface area contributed by atoms with E-state index in [0.717, 1.165) is 5.56 Å². The van der Waals surface area contributed by atoms with Crippen molar-refractivity contribution in [3.8, 4) is 0 Å². The van der Waals surface area contributed by atoms with Crippen LogP contribution in [0.1, 0.15) is 30.1 Å². The molecule has 0 radical (unpaired) electrons. The summed E-state index contributed by atoms with van der Waals surface area (Å²) in [4.78, 5) is 16.8. The van der Waals surface area contributed by atoms with Crippen molar-refractivity contribution < 1.29 is 10.0 Å². The molecule has 1 unspecified atom stereocenters. The van der Waals surface area contributed by atoms with Gasteiger partial charge < -0.3 is 15.2 Å². The number of aliphatic hydroxyl groups is 1. The van der Waals surface area contributed by atoms with Crippen LogP contribution in [0.3, 0.4) is 0 Å². The summed E-state index contributed by atoms with van der Waals surface area (Å²) in [7, 11) is 0. The van der Waals surface area contributed by atoms with E-state index in [2.05, 4.69) is 9.97 Å². The molecule has 1 heterocycles. The number of aliphatic hydroxyl groups excluding tert-OH is 1. The van der Waals surface area contributed by atoms with Gasteiger partial charge in [-0.25, -0.2) is 9.97 Å². The summed E-state index contributed by atoms with van der Waals surface area (Å²) in [6.07, 6.45) is 2.43. The zero-order chi connectivity index (χ0) is 13.8. The highest BCUT2D eigenvalue weighted by molar-refractivity contribution is 5.67. The molecule has 2 aromatic rings. The van der Waals surface area contributed by atoms with Gasteiger partial charge in [-0.1, -0.05) is 30.3 Å². The maximum Gasteiger partial charge on any atom is 0.346 e. The molecule has 0 saturated heterocycles. The quantitative estimate of drug-likeness (QED) is 0.651. The number of hydrogen-bond donors (Lipinski definition) is 2. The normalized spacial score (nSPS) is 12.7. The maximum absolute atomic E-state index is 10.8. The van der Waals surface area contributed by atoms with Crippen LogP contribution >= 0.6 is 0 Å². The molecular formula is C13H13N3O3. The molecule has 0 amide bonds. The molecule has 2 N–H and O–H groups in total. The summed E-state index contributed by atoms with van der Waals surface area (Å²) < 4.78 is 0. The number of rotatable bonds is 4. The van der Waals surface area contributed by atoms with Gasteiger partial charge in [0.05, 0.1) is 0 Å². The van der Waals surface area contributed by atoms with Crippen LogP contribution in [0.4, 0.5) is 5.82 Å². The molecule has 0 bridgehead atoms. The van der Waals surface area contributed by atoms with Gasteiger partial charge in [-0.15, -0.1) is 0 Å². The lowest BCUT2D eigenvalue weighted by molar-refractivity contribution is -0.390. The molecule has 1 atom stereocenters. The first kappa shape index (κ1) is 13.0. The van der Waals surface area contributed by atoms with Gasteiger partial charge in [0.1, 0.15) is 6.10 Å². The fourth-order valence-electron chi connectivity index (χ4n) is 1.64. The number of aromatic nitrogens is 2. The third kappa shape index (κ3) is 3.05. The Morgan fingerprint density at radius 3 is 2.58 bits per heavy atom. The Bertz CT molecular complexity index is 603. The van der Waals surface area contributed by atoms with Crippen LogP contribution in [0, 0.1) is 10.1 Å². The van der Waals surface area contributed by atoms with Crippen LogP contribution < -0.4 is 0 Å². The highest BCUT2D eigenvalue weighted by Gasteiger charge is 2.22. The third-order valence-corrected chi connectivity index (χ3v) is 2.54. The molecule has 1 aromatic carbocycles. The number of hydrogen-bond acceptors (Lipinski definition) is 4. The van der Waals surface area contributed by atoms with Gasteiger partial charge in [-0.05, 0) is 23.5 Å². The van der Waals surface area contributed by atoms with E-state index in [1.165, 1.54) is 6.92 Å². The molecule has 19 heavy (non-hydrogen) atoms. The van der Waals surface area contributed by atoms with Crippen LogP contribution in [-0.2, 0) is 0 Å². The Balaban J connectivity index is 2.29. The second-order valence-electron chi connectivity index (χ2n) is 4.03. The van der Waals surface area contributed by atoms with E-state index in [1.54, 1.807) is 12.2 Å². The Kier molecular flexibility index (Phi) is 3.72. The summed E-state index contributed by atoms with van der Waals surface area (Å²) in [5, 5.41) is 20.3. The summed E-state index contributed by atoms with van der Waals surface area (Å²) >= 11 is 0. The maximum atomic E-state index is 10.8. The Morgan fingerprint density at radius 2 is 2.05 bits per heavy atom. The Hall–Kier alpha value is -2.47. The smallest absolute Gasteiger partial charge is 0.346 e. The van der Waals surface area contributed by atoms with Gasteiger partial charge >= 0.3 is 5.82 Å². The van der Waals surface area contributed by atoms with E-state index in [-0.39, 0.29) is 11.5 Å². The van der Waals surface area contributed by atoms with Crippen molar-refractivity contribution in [3.05, 3.63) is 57.5 Å². The summed E-state index contributed by atoms with van der Waals surface area (Å²) in [6.45, 7) is 1.44. The van der Waals surface area contributed by atoms with E-state index >= 15 is 0 Å². The summed E-state index contributed by atoms with van der Waals surface area (Å²) in [5.41, 5.74) is 0.998. The lowest BCUT2D eigenvalue weighted by atomic mass is 10.2. The highest BCUT2D eigenvalue weighted by Crippen LogP contribution is 2.22. The van der Waals surface area contributed by atoms with Crippen molar-refractivity contribution >= 4 is 18.0 Å².